The molecule has 0 bridgehead atoms. The van der Waals surface area contributed by atoms with Gasteiger partial charge in [0.25, 0.3) is 0 Å². The van der Waals surface area contributed by atoms with Crippen molar-refractivity contribution >= 4 is 12.1 Å². The molecule has 2 aromatic carbocycles. The minimum atomic E-state index is -0.452. The molecule has 0 saturated heterocycles. The fourth-order valence-corrected chi connectivity index (χ4v) is 4.62. The second-order valence-electron chi connectivity index (χ2n) is 9.73. The average Bonchev–Trinajstić information content (AvgIpc) is 3.31. The Morgan fingerprint density at radius 2 is 1.20 bits per heavy atom. The lowest BCUT2D eigenvalue weighted by Crippen LogP contribution is -2.29. The highest BCUT2D eigenvalue weighted by Gasteiger charge is 2.28. The van der Waals surface area contributed by atoms with E-state index < -0.39 is 6.09 Å². The Labute approximate surface area is 243 Å². The van der Waals surface area contributed by atoms with Crippen LogP contribution in [-0.4, -0.2) is 84.7 Å². The summed E-state index contributed by atoms with van der Waals surface area (Å²) in [5.74, 6) is -0.117. The predicted molar refractivity (Wildman–Crippen MR) is 156 cm³/mol. The molecular formula is C32H45NO8. The van der Waals surface area contributed by atoms with Crippen LogP contribution >= 0.6 is 0 Å². The van der Waals surface area contributed by atoms with Gasteiger partial charge in [0.1, 0.15) is 13.2 Å². The van der Waals surface area contributed by atoms with Gasteiger partial charge in [-0.15, -0.1) is 0 Å². The van der Waals surface area contributed by atoms with Gasteiger partial charge in [0.05, 0.1) is 52.9 Å². The summed E-state index contributed by atoms with van der Waals surface area (Å²) in [4.78, 5) is 23.7. The highest BCUT2D eigenvalue weighted by atomic mass is 16.6. The van der Waals surface area contributed by atoms with Gasteiger partial charge in [-0.2, -0.15) is 0 Å². The van der Waals surface area contributed by atoms with Crippen LogP contribution in [0.4, 0.5) is 4.79 Å². The number of fused-ring (bicyclic) bond motifs is 3. The lowest BCUT2D eigenvalue weighted by molar-refractivity contribution is -0.145. The summed E-state index contributed by atoms with van der Waals surface area (Å²) in [6.07, 6.45) is 4.29. The molecule has 0 saturated carbocycles. The van der Waals surface area contributed by atoms with Crippen LogP contribution in [0.2, 0.25) is 0 Å². The number of unbranched alkanes of at least 4 members (excludes halogenated alkanes) is 3. The highest BCUT2D eigenvalue weighted by molar-refractivity contribution is 5.79. The van der Waals surface area contributed by atoms with E-state index in [1.165, 1.54) is 22.3 Å². The molecule has 0 spiro atoms. The molecule has 0 radical (unpaired) electrons. The summed E-state index contributed by atoms with van der Waals surface area (Å²) in [6, 6.07) is 16.5. The molecule has 1 amide bonds. The number of ether oxygens (including phenoxy) is 6. The first-order valence-electron chi connectivity index (χ1n) is 14.8. The summed E-state index contributed by atoms with van der Waals surface area (Å²) >= 11 is 0. The Kier molecular flexibility index (Phi) is 15.9. The highest BCUT2D eigenvalue weighted by Crippen LogP contribution is 2.44. The monoisotopic (exact) mass is 571 g/mol. The second kappa shape index (κ2) is 20.0. The summed E-state index contributed by atoms with van der Waals surface area (Å²) in [7, 11) is 0. The Morgan fingerprint density at radius 3 is 1.78 bits per heavy atom. The molecular weight excluding hydrogens is 526 g/mol. The van der Waals surface area contributed by atoms with Crippen LogP contribution in [0.15, 0.2) is 48.5 Å². The molecule has 1 aliphatic rings. The molecule has 2 aromatic rings. The molecule has 0 heterocycles. The third kappa shape index (κ3) is 12.2. The number of amides is 1. The van der Waals surface area contributed by atoms with E-state index in [0.29, 0.717) is 65.8 Å². The quantitative estimate of drug-likeness (QED) is 0.154. The maximum Gasteiger partial charge on any atom is 0.407 e. The summed E-state index contributed by atoms with van der Waals surface area (Å²) in [5, 5.41) is 2.73. The standard InChI is InChI=1S/C32H45NO8/c1-2-3-4-5-14-31(34)40-24-23-39-22-21-38-20-19-37-18-17-36-16-15-33-32(35)41-25-30-28-12-8-6-10-26(28)27-11-7-9-13-29(27)30/h6-13,30H,2-5,14-25H2,1H3,(H,33,35). The third-order valence-corrected chi connectivity index (χ3v) is 6.70. The van der Waals surface area contributed by atoms with Crippen LogP contribution in [-0.2, 0) is 33.2 Å². The van der Waals surface area contributed by atoms with E-state index in [9.17, 15) is 9.59 Å². The maximum atomic E-state index is 12.2. The van der Waals surface area contributed by atoms with Crippen LogP contribution in [0, 0.1) is 0 Å². The third-order valence-electron chi connectivity index (χ3n) is 6.70. The Hall–Kier alpha value is -2.98. The van der Waals surface area contributed by atoms with E-state index >= 15 is 0 Å². The van der Waals surface area contributed by atoms with Crippen molar-refractivity contribution in [3.63, 3.8) is 0 Å². The molecule has 0 aromatic heterocycles. The topological polar surface area (TPSA) is 102 Å². The van der Waals surface area contributed by atoms with Gasteiger partial charge in [-0.1, -0.05) is 74.7 Å². The van der Waals surface area contributed by atoms with Crippen LogP contribution < -0.4 is 5.32 Å². The zero-order valence-corrected chi connectivity index (χ0v) is 24.3. The maximum absolute atomic E-state index is 12.2. The van der Waals surface area contributed by atoms with Gasteiger partial charge in [-0.25, -0.2) is 4.79 Å². The number of esters is 1. The van der Waals surface area contributed by atoms with E-state index in [4.69, 9.17) is 28.4 Å². The lowest BCUT2D eigenvalue weighted by Gasteiger charge is -2.14. The molecule has 1 N–H and O–H groups in total. The zero-order chi connectivity index (χ0) is 29.0. The van der Waals surface area contributed by atoms with E-state index in [0.717, 1.165) is 25.7 Å². The average molecular weight is 572 g/mol. The van der Waals surface area contributed by atoms with Crippen LogP contribution in [0.5, 0.6) is 0 Å². The predicted octanol–water partition coefficient (Wildman–Crippen LogP) is 5.11. The van der Waals surface area contributed by atoms with Gasteiger partial charge in [0, 0.05) is 18.9 Å². The van der Waals surface area contributed by atoms with Gasteiger partial charge in [-0.3, -0.25) is 4.79 Å². The number of hydrogen-bond donors (Lipinski definition) is 1. The first-order chi connectivity index (χ1) is 20.2. The number of carbonyl (C=O) groups is 2. The van der Waals surface area contributed by atoms with Crippen molar-refractivity contribution in [2.24, 2.45) is 0 Å². The van der Waals surface area contributed by atoms with Gasteiger partial charge < -0.3 is 33.7 Å². The number of carbonyl (C=O) groups excluding carboxylic acids is 2. The molecule has 9 heteroatoms. The van der Waals surface area contributed by atoms with Crippen molar-refractivity contribution in [1.82, 2.24) is 5.32 Å². The van der Waals surface area contributed by atoms with E-state index in [-0.39, 0.29) is 25.1 Å². The first-order valence-corrected chi connectivity index (χ1v) is 14.8. The summed E-state index contributed by atoms with van der Waals surface area (Å²) in [5.41, 5.74) is 4.78. The number of benzene rings is 2. The molecule has 0 aliphatic heterocycles. The Bertz CT molecular complexity index is 985. The van der Waals surface area contributed by atoms with E-state index in [2.05, 4.69) is 36.5 Å². The van der Waals surface area contributed by atoms with Crippen molar-refractivity contribution in [3.05, 3.63) is 59.7 Å². The van der Waals surface area contributed by atoms with Crippen molar-refractivity contribution < 1.29 is 38.0 Å². The van der Waals surface area contributed by atoms with Gasteiger partial charge in [0.2, 0.25) is 0 Å². The lowest BCUT2D eigenvalue weighted by atomic mass is 9.98. The minimum Gasteiger partial charge on any atom is -0.463 e. The largest absolute Gasteiger partial charge is 0.463 e. The number of hydrogen-bond acceptors (Lipinski definition) is 8. The van der Waals surface area contributed by atoms with Crippen molar-refractivity contribution in [2.45, 2.75) is 44.9 Å². The fourth-order valence-electron chi connectivity index (χ4n) is 4.62. The molecule has 41 heavy (non-hydrogen) atoms. The molecule has 0 fully saturated rings. The molecule has 3 rings (SSSR count). The summed E-state index contributed by atoms with van der Waals surface area (Å²) in [6.45, 7) is 6.47. The van der Waals surface area contributed by atoms with Crippen molar-refractivity contribution in [3.8, 4) is 11.1 Å². The Balaban J connectivity index is 1.08. The smallest absolute Gasteiger partial charge is 0.407 e. The molecule has 226 valence electrons. The minimum absolute atomic E-state index is 0.0410. The van der Waals surface area contributed by atoms with Gasteiger partial charge in [0.15, 0.2) is 0 Å². The number of nitrogens with one attached hydrogen (secondary N) is 1. The number of alkyl carbamates (subject to hydrolysis) is 1. The van der Waals surface area contributed by atoms with Crippen LogP contribution in [0.25, 0.3) is 11.1 Å². The molecule has 9 nitrogen and oxygen atoms in total. The van der Waals surface area contributed by atoms with Gasteiger partial charge in [-0.05, 0) is 28.7 Å². The number of rotatable bonds is 22. The SMILES string of the molecule is CCCCCCC(=O)OCCOCCOCCOCCOCCNC(=O)OCC1c2ccccc2-c2ccccc21. The normalized spacial score (nSPS) is 12.1. The summed E-state index contributed by atoms with van der Waals surface area (Å²) < 4.78 is 32.5. The van der Waals surface area contributed by atoms with Gasteiger partial charge >= 0.3 is 12.1 Å². The van der Waals surface area contributed by atoms with E-state index in [1.807, 2.05) is 24.3 Å². The van der Waals surface area contributed by atoms with Crippen molar-refractivity contribution in [2.75, 3.05) is 72.6 Å². The fraction of sp³-hybridized carbons (Fsp3) is 0.562. The first kappa shape index (κ1) is 32.5. The molecule has 1 aliphatic carbocycles. The molecule has 0 atom stereocenters. The zero-order valence-electron chi connectivity index (χ0n) is 24.3. The van der Waals surface area contributed by atoms with E-state index in [1.54, 1.807) is 0 Å². The molecule has 0 unspecified atom stereocenters. The van der Waals surface area contributed by atoms with Crippen LogP contribution in [0.1, 0.15) is 56.1 Å². The van der Waals surface area contributed by atoms with Crippen LogP contribution in [0.3, 0.4) is 0 Å². The second-order valence-corrected chi connectivity index (χ2v) is 9.73. The Morgan fingerprint density at radius 1 is 0.659 bits per heavy atom. The van der Waals surface area contributed by atoms with Crippen molar-refractivity contribution in [1.29, 1.82) is 0 Å².